The van der Waals surface area contributed by atoms with Gasteiger partial charge in [-0.25, -0.2) is 13.8 Å². The van der Waals surface area contributed by atoms with Gasteiger partial charge < -0.3 is 4.98 Å². The fourth-order valence-corrected chi connectivity index (χ4v) is 2.25. The highest BCUT2D eigenvalue weighted by Gasteiger charge is 2.24. The number of fused-ring (bicyclic) bond motifs is 1. The van der Waals surface area contributed by atoms with Gasteiger partial charge in [0, 0.05) is 0 Å². The SMILES string of the molecule is FC(F)c1c(Cl)c(Cl)c(Cl)c2[nH]c(Cl)nc12. The average Bonchev–Trinajstić information content (AvgIpc) is 2.56. The van der Waals surface area contributed by atoms with Crippen molar-refractivity contribution >= 4 is 57.4 Å². The number of halogens is 6. The summed E-state index contributed by atoms with van der Waals surface area (Å²) in [6.07, 6.45) is -2.82. The quantitative estimate of drug-likeness (QED) is 0.728. The Hall–Kier alpha value is -0.290. The number of hydrogen-bond donors (Lipinski definition) is 1. The van der Waals surface area contributed by atoms with Crippen LogP contribution in [0.5, 0.6) is 0 Å². The Morgan fingerprint density at radius 2 is 1.62 bits per heavy atom. The van der Waals surface area contributed by atoms with Crippen molar-refractivity contribution in [2.24, 2.45) is 0 Å². The predicted molar refractivity (Wildman–Crippen MR) is 61.1 cm³/mol. The second-order valence-corrected chi connectivity index (χ2v) is 4.40. The molecule has 0 unspecified atom stereocenters. The maximum absolute atomic E-state index is 12.8. The van der Waals surface area contributed by atoms with Gasteiger partial charge in [0.05, 0.1) is 26.1 Å². The first-order valence-electron chi connectivity index (χ1n) is 3.93. The summed E-state index contributed by atoms with van der Waals surface area (Å²) in [5.41, 5.74) is -0.398. The Morgan fingerprint density at radius 1 is 1.00 bits per heavy atom. The van der Waals surface area contributed by atoms with Gasteiger partial charge in [0.15, 0.2) is 0 Å². The minimum absolute atomic E-state index is 0.0190. The van der Waals surface area contributed by atoms with E-state index in [1.165, 1.54) is 0 Å². The molecule has 0 atom stereocenters. The number of nitrogens with one attached hydrogen (secondary N) is 1. The Labute approximate surface area is 108 Å². The summed E-state index contributed by atoms with van der Waals surface area (Å²) in [5.74, 6) is 0. The summed E-state index contributed by atoms with van der Waals surface area (Å²) in [7, 11) is 0. The number of aromatic amines is 1. The van der Waals surface area contributed by atoms with Gasteiger partial charge in [-0.1, -0.05) is 34.8 Å². The second-order valence-electron chi connectivity index (χ2n) is 2.91. The van der Waals surface area contributed by atoms with Crippen LogP contribution in [0, 0.1) is 0 Å². The molecule has 0 spiro atoms. The second kappa shape index (κ2) is 4.18. The predicted octanol–water partition coefficient (Wildman–Crippen LogP) is 5.11. The highest BCUT2D eigenvalue weighted by Crippen LogP contribution is 2.43. The van der Waals surface area contributed by atoms with E-state index in [0.717, 1.165) is 0 Å². The third-order valence-electron chi connectivity index (χ3n) is 1.99. The van der Waals surface area contributed by atoms with Crippen LogP contribution in [0.4, 0.5) is 8.78 Å². The lowest BCUT2D eigenvalue weighted by Crippen LogP contribution is -1.91. The number of hydrogen-bond acceptors (Lipinski definition) is 1. The van der Waals surface area contributed by atoms with Crippen LogP contribution in [-0.2, 0) is 0 Å². The Balaban J connectivity index is 2.97. The Kier molecular flexibility index (Phi) is 3.18. The molecule has 2 rings (SSSR count). The van der Waals surface area contributed by atoms with E-state index in [1.54, 1.807) is 0 Å². The molecule has 86 valence electrons. The van der Waals surface area contributed by atoms with E-state index >= 15 is 0 Å². The van der Waals surface area contributed by atoms with E-state index in [1.807, 2.05) is 0 Å². The Bertz CT molecular complexity index is 567. The molecule has 0 radical (unpaired) electrons. The van der Waals surface area contributed by atoms with Crippen LogP contribution < -0.4 is 0 Å². The van der Waals surface area contributed by atoms with Gasteiger partial charge in [-0.3, -0.25) is 0 Å². The molecular formula is C8H2Cl4F2N2. The molecule has 0 aliphatic heterocycles. The summed E-state index contributed by atoms with van der Waals surface area (Å²) < 4.78 is 25.6. The van der Waals surface area contributed by atoms with Crippen LogP contribution in [0.1, 0.15) is 12.0 Å². The summed E-state index contributed by atoms with van der Waals surface area (Å²) in [6.45, 7) is 0. The zero-order chi connectivity index (χ0) is 12.0. The number of nitrogens with zero attached hydrogens (tertiary/aromatic N) is 1. The molecule has 1 aromatic heterocycles. The van der Waals surface area contributed by atoms with Crippen molar-refractivity contribution in [3.05, 3.63) is 25.9 Å². The van der Waals surface area contributed by atoms with E-state index in [2.05, 4.69) is 9.97 Å². The molecular weight excluding hydrogens is 304 g/mol. The Morgan fingerprint density at radius 3 is 2.19 bits per heavy atom. The maximum Gasteiger partial charge on any atom is 0.267 e. The van der Waals surface area contributed by atoms with E-state index in [4.69, 9.17) is 46.4 Å². The largest absolute Gasteiger partial charge is 0.327 e. The first-order valence-corrected chi connectivity index (χ1v) is 5.44. The molecule has 8 heteroatoms. The lowest BCUT2D eigenvalue weighted by molar-refractivity contribution is 0.153. The minimum atomic E-state index is -2.82. The summed E-state index contributed by atoms with van der Waals surface area (Å²) in [6, 6.07) is 0. The van der Waals surface area contributed by atoms with Gasteiger partial charge in [0.2, 0.25) is 5.28 Å². The first kappa shape index (κ1) is 12.2. The molecule has 0 amide bonds. The van der Waals surface area contributed by atoms with Crippen molar-refractivity contribution in [2.75, 3.05) is 0 Å². The van der Waals surface area contributed by atoms with E-state index in [-0.39, 0.29) is 31.4 Å². The highest BCUT2D eigenvalue weighted by atomic mass is 35.5. The molecule has 0 saturated heterocycles. The van der Waals surface area contributed by atoms with Crippen LogP contribution in [0.3, 0.4) is 0 Å². The van der Waals surface area contributed by atoms with Crippen LogP contribution >= 0.6 is 46.4 Å². The molecule has 16 heavy (non-hydrogen) atoms. The molecule has 0 aliphatic carbocycles. The van der Waals surface area contributed by atoms with E-state index in [0.29, 0.717) is 0 Å². The smallest absolute Gasteiger partial charge is 0.267 e. The van der Waals surface area contributed by atoms with Crippen LogP contribution in [-0.4, -0.2) is 9.97 Å². The van der Waals surface area contributed by atoms with Gasteiger partial charge >= 0.3 is 0 Å². The van der Waals surface area contributed by atoms with Crippen molar-refractivity contribution in [3.63, 3.8) is 0 Å². The number of aromatic nitrogens is 2. The molecule has 0 saturated carbocycles. The summed E-state index contributed by atoms with van der Waals surface area (Å²) >= 11 is 22.8. The van der Waals surface area contributed by atoms with Gasteiger partial charge in [0.1, 0.15) is 5.52 Å². The van der Waals surface area contributed by atoms with E-state index < -0.39 is 12.0 Å². The van der Waals surface area contributed by atoms with Crippen LogP contribution in [0.15, 0.2) is 0 Å². The first-order chi connectivity index (χ1) is 7.43. The molecule has 0 fully saturated rings. The van der Waals surface area contributed by atoms with Crippen molar-refractivity contribution in [1.29, 1.82) is 0 Å². The lowest BCUT2D eigenvalue weighted by atomic mass is 10.2. The number of imidazole rings is 1. The zero-order valence-electron chi connectivity index (χ0n) is 7.29. The minimum Gasteiger partial charge on any atom is -0.327 e. The average molecular weight is 306 g/mol. The fourth-order valence-electron chi connectivity index (χ4n) is 1.33. The van der Waals surface area contributed by atoms with Crippen molar-refractivity contribution in [2.45, 2.75) is 6.43 Å². The van der Waals surface area contributed by atoms with Gasteiger partial charge in [-0.05, 0) is 11.6 Å². The standard InChI is InChI=1S/C8H2Cl4F2N2/c9-2-1(7(13)14)5-6(4(11)3(2)10)16-8(12)15-5/h7H,(H,15,16). The molecule has 2 nitrogen and oxygen atoms in total. The maximum atomic E-state index is 12.8. The third kappa shape index (κ3) is 1.74. The molecule has 1 heterocycles. The third-order valence-corrected chi connectivity index (χ3v) is 3.51. The summed E-state index contributed by atoms with van der Waals surface area (Å²) in [4.78, 5) is 6.24. The molecule has 1 aromatic carbocycles. The number of alkyl halides is 2. The zero-order valence-corrected chi connectivity index (χ0v) is 10.3. The van der Waals surface area contributed by atoms with Crippen molar-refractivity contribution < 1.29 is 8.78 Å². The molecule has 0 bridgehead atoms. The highest BCUT2D eigenvalue weighted by molar-refractivity contribution is 6.50. The summed E-state index contributed by atoms with van der Waals surface area (Å²) in [5, 5.41) is -0.494. The van der Waals surface area contributed by atoms with Crippen molar-refractivity contribution in [3.8, 4) is 0 Å². The molecule has 2 aromatic rings. The van der Waals surface area contributed by atoms with Gasteiger partial charge in [-0.2, -0.15) is 0 Å². The number of H-pyrrole nitrogens is 1. The normalized spacial score (nSPS) is 11.7. The van der Waals surface area contributed by atoms with Crippen LogP contribution in [0.2, 0.25) is 20.4 Å². The van der Waals surface area contributed by atoms with E-state index in [9.17, 15) is 8.78 Å². The number of benzene rings is 1. The molecule has 1 N–H and O–H groups in total. The van der Waals surface area contributed by atoms with Crippen molar-refractivity contribution in [1.82, 2.24) is 9.97 Å². The van der Waals surface area contributed by atoms with Crippen LogP contribution in [0.25, 0.3) is 11.0 Å². The van der Waals surface area contributed by atoms with Gasteiger partial charge in [-0.15, -0.1) is 0 Å². The lowest BCUT2D eigenvalue weighted by Gasteiger charge is -2.07. The molecule has 0 aliphatic rings. The topological polar surface area (TPSA) is 28.7 Å². The number of rotatable bonds is 1. The monoisotopic (exact) mass is 304 g/mol. The van der Waals surface area contributed by atoms with Gasteiger partial charge in [0.25, 0.3) is 6.43 Å². The fraction of sp³-hybridized carbons (Fsp3) is 0.125.